The number of aldehydes is 1. The molecule has 0 heterocycles. The van der Waals surface area contributed by atoms with Crippen LogP contribution in [0.1, 0.15) is 0 Å². The van der Waals surface area contributed by atoms with Gasteiger partial charge in [0.1, 0.15) is 12.3 Å². The maximum atomic E-state index is 10.1. The number of carbonyl (C=O) groups excluding carboxylic acids is 1. The van der Waals surface area contributed by atoms with Crippen molar-refractivity contribution in [1.82, 2.24) is 0 Å². The molecule has 0 aromatic heterocycles. The maximum absolute atomic E-state index is 10.1. The number of aliphatic carboxylic acids is 1. The lowest BCUT2D eigenvalue weighted by Crippen LogP contribution is -2.32. The molecule has 0 amide bonds. The molecule has 0 bridgehead atoms. The predicted octanol–water partition coefficient (Wildman–Crippen LogP) is -0.670. The molecule has 0 aromatic carbocycles. The molecule has 0 spiro atoms. The molecule has 4 nitrogen and oxygen atoms in total. The van der Waals surface area contributed by atoms with Crippen LogP contribution in [0.3, 0.4) is 0 Å². The van der Waals surface area contributed by atoms with Crippen molar-refractivity contribution in [1.29, 1.82) is 0 Å². The first-order valence-corrected chi connectivity index (χ1v) is 3.83. The van der Waals surface area contributed by atoms with Crippen molar-refractivity contribution >= 4 is 24.0 Å². The second kappa shape index (κ2) is 5.25. The molecule has 0 unspecified atom stereocenters. The van der Waals surface area contributed by atoms with Gasteiger partial charge < -0.3 is 15.6 Å². The summed E-state index contributed by atoms with van der Waals surface area (Å²) in [6.07, 6.45) is 0.721. The van der Waals surface area contributed by atoms with E-state index in [9.17, 15) is 9.59 Å². The topological polar surface area (TPSA) is 80.4 Å². The standard InChI is InChI=1S/C5H9NO3S/c6-4(5(8)9)3-10-2-1-7/h1,4H,2-3,6H2,(H,8,9)/t4-/m0/s1. The number of carbonyl (C=O) groups is 2. The Hall–Kier alpha value is -0.550. The van der Waals surface area contributed by atoms with Crippen LogP contribution in [0, 0.1) is 0 Å². The van der Waals surface area contributed by atoms with Crippen molar-refractivity contribution < 1.29 is 14.7 Å². The van der Waals surface area contributed by atoms with Gasteiger partial charge in [-0.3, -0.25) is 4.79 Å². The highest BCUT2D eigenvalue weighted by Gasteiger charge is 2.09. The summed E-state index contributed by atoms with van der Waals surface area (Å²) in [5.74, 6) is -0.437. The molecule has 1 atom stereocenters. The number of carboxylic acid groups (broad SMARTS) is 1. The Balaban J connectivity index is 3.30. The van der Waals surface area contributed by atoms with Crippen LogP contribution >= 0.6 is 11.8 Å². The van der Waals surface area contributed by atoms with Crippen LogP contribution in [0.5, 0.6) is 0 Å². The van der Waals surface area contributed by atoms with Crippen molar-refractivity contribution in [2.75, 3.05) is 11.5 Å². The van der Waals surface area contributed by atoms with Crippen molar-refractivity contribution in [3.63, 3.8) is 0 Å². The van der Waals surface area contributed by atoms with Crippen LogP contribution in [0.25, 0.3) is 0 Å². The van der Waals surface area contributed by atoms with E-state index in [0.717, 1.165) is 6.29 Å². The van der Waals surface area contributed by atoms with E-state index >= 15 is 0 Å². The highest BCUT2D eigenvalue weighted by molar-refractivity contribution is 7.99. The number of hydrogen-bond donors (Lipinski definition) is 2. The zero-order chi connectivity index (χ0) is 7.98. The van der Waals surface area contributed by atoms with Gasteiger partial charge in [-0.05, 0) is 0 Å². The van der Waals surface area contributed by atoms with E-state index < -0.39 is 12.0 Å². The number of nitrogens with two attached hydrogens (primary N) is 1. The van der Waals surface area contributed by atoms with Gasteiger partial charge >= 0.3 is 5.97 Å². The first-order valence-electron chi connectivity index (χ1n) is 2.68. The second-order valence-corrected chi connectivity index (χ2v) is 2.72. The smallest absolute Gasteiger partial charge is 0.321 e. The Labute approximate surface area is 62.8 Å². The van der Waals surface area contributed by atoms with Gasteiger partial charge in [0.05, 0.1) is 0 Å². The quantitative estimate of drug-likeness (QED) is 0.415. The summed E-state index contributed by atoms with van der Waals surface area (Å²) in [7, 11) is 0. The minimum Gasteiger partial charge on any atom is -0.480 e. The van der Waals surface area contributed by atoms with Crippen LogP contribution < -0.4 is 5.73 Å². The monoisotopic (exact) mass is 163 g/mol. The molecule has 5 heteroatoms. The third-order valence-electron chi connectivity index (χ3n) is 0.800. The highest BCUT2D eigenvalue weighted by atomic mass is 32.2. The van der Waals surface area contributed by atoms with E-state index in [1.165, 1.54) is 11.8 Å². The number of carboxylic acids is 1. The van der Waals surface area contributed by atoms with E-state index in [1.807, 2.05) is 0 Å². The lowest BCUT2D eigenvalue weighted by molar-refractivity contribution is -0.137. The van der Waals surface area contributed by atoms with E-state index in [1.54, 1.807) is 0 Å². The highest BCUT2D eigenvalue weighted by Crippen LogP contribution is 1.98. The molecule has 0 rings (SSSR count). The molecular formula is C5H9NO3S. The normalized spacial score (nSPS) is 12.5. The third kappa shape index (κ3) is 4.34. The SMILES string of the molecule is N[C@@H](CSCC=O)C(=O)O. The molecular weight excluding hydrogens is 154 g/mol. The van der Waals surface area contributed by atoms with Gasteiger partial charge in [-0.15, -0.1) is 0 Å². The Kier molecular flexibility index (Phi) is 4.96. The van der Waals surface area contributed by atoms with E-state index in [-0.39, 0.29) is 5.75 Å². The fourth-order valence-corrected chi connectivity index (χ4v) is 0.943. The third-order valence-corrected chi connectivity index (χ3v) is 1.77. The molecule has 0 saturated heterocycles. The van der Waals surface area contributed by atoms with Crippen molar-refractivity contribution in [3.05, 3.63) is 0 Å². The van der Waals surface area contributed by atoms with Crippen molar-refractivity contribution in [3.8, 4) is 0 Å². The van der Waals surface area contributed by atoms with Gasteiger partial charge in [0.15, 0.2) is 0 Å². The first kappa shape index (κ1) is 9.45. The van der Waals surface area contributed by atoms with Gasteiger partial charge in [-0.1, -0.05) is 0 Å². The average molecular weight is 163 g/mol. The first-order chi connectivity index (χ1) is 4.68. The summed E-state index contributed by atoms with van der Waals surface area (Å²) >= 11 is 1.22. The van der Waals surface area contributed by atoms with Crippen molar-refractivity contribution in [2.24, 2.45) is 5.73 Å². The van der Waals surface area contributed by atoms with Crippen LogP contribution in [-0.2, 0) is 9.59 Å². The summed E-state index contributed by atoms with van der Waals surface area (Å²) in [6, 6.07) is -0.857. The molecule has 0 fully saturated rings. The van der Waals surface area contributed by atoms with Gasteiger partial charge in [0.2, 0.25) is 0 Å². The van der Waals surface area contributed by atoms with Crippen LogP contribution in [-0.4, -0.2) is 34.9 Å². The lowest BCUT2D eigenvalue weighted by Gasteiger charge is -2.02. The summed E-state index contributed by atoms with van der Waals surface area (Å²) < 4.78 is 0. The fraction of sp³-hybridized carbons (Fsp3) is 0.600. The largest absolute Gasteiger partial charge is 0.480 e. The fourth-order valence-electron chi connectivity index (χ4n) is 0.314. The average Bonchev–Trinajstić information content (AvgIpc) is 1.88. The van der Waals surface area contributed by atoms with Crippen LogP contribution in [0.4, 0.5) is 0 Å². The van der Waals surface area contributed by atoms with Gasteiger partial charge in [0.25, 0.3) is 0 Å². The number of thioether (sulfide) groups is 1. The Bertz CT molecular complexity index is 128. The number of rotatable bonds is 5. The Morgan fingerprint density at radius 3 is 2.80 bits per heavy atom. The minimum absolute atomic E-state index is 0.286. The molecule has 0 saturated carbocycles. The molecule has 58 valence electrons. The lowest BCUT2D eigenvalue weighted by atomic mass is 10.4. The molecule has 0 radical (unpaired) electrons. The van der Waals surface area contributed by atoms with E-state index in [2.05, 4.69) is 0 Å². The van der Waals surface area contributed by atoms with Crippen molar-refractivity contribution in [2.45, 2.75) is 6.04 Å². The van der Waals surface area contributed by atoms with Crippen LogP contribution in [0.15, 0.2) is 0 Å². The maximum Gasteiger partial charge on any atom is 0.321 e. The second-order valence-electron chi connectivity index (χ2n) is 1.65. The molecule has 3 N–H and O–H groups in total. The Morgan fingerprint density at radius 1 is 1.80 bits per heavy atom. The zero-order valence-corrected chi connectivity index (χ0v) is 6.13. The summed E-state index contributed by atoms with van der Waals surface area (Å²) in [4.78, 5) is 19.8. The summed E-state index contributed by atoms with van der Waals surface area (Å²) in [5.41, 5.74) is 5.12. The summed E-state index contributed by atoms with van der Waals surface area (Å²) in [5, 5.41) is 8.25. The number of hydrogen-bond acceptors (Lipinski definition) is 4. The Morgan fingerprint density at radius 2 is 2.40 bits per heavy atom. The van der Waals surface area contributed by atoms with Crippen LogP contribution in [0.2, 0.25) is 0 Å². The molecule has 0 aliphatic carbocycles. The molecule has 0 aromatic rings. The van der Waals surface area contributed by atoms with Gasteiger partial charge in [0, 0.05) is 11.5 Å². The van der Waals surface area contributed by atoms with E-state index in [4.69, 9.17) is 10.8 Å². The van der Waals surface area contributed by atoms with E-state index in [0.29, 0.717) is 5.75 Å². The summed E-state index contributed by atoms with van der Waals surface area (Å²) in [6.45, 7) is 0. The molecule has 0 aliphatic heterocycles. The molecule has 10 heavy (non-hydrogen) atoms. The van der Waals surface area contributed by atoms with Gasteiger partial charge in [-0.25, -0.2) is 0 Å². The minimum atomic E-state index is -1.03. The predicted molar refractivity (Wildman–Crippen MR) is 39.0 cm³/mol. The molecule has 0 aliphatic rings. The zero-order valence-electron chi connectivity index (χ0n) is 5.32. The van der Waals surface area contributed by atoms with Gasteiger partial charge in [-0.2, -0.15) is 11.8 Å².